The second-order valence-corrected chi connectivity index (χ2v) is 3.20. The maximum atomic E-state index is 12.3. The summed E-state index contributed by atoms with van der Waals surface area (Å²) in [5.74, 6) is 0.177. The molecule has 0 saturated heterocycles. The van der Waals surface area contributed by atoms with Crippen molar-refractivity contribution in [3.05, 3.63) is 28.0 Å². The Hall–Kier alpha value is -0.410. The topological polar surface area (TPSA) is 12.9 Å². The summed E-state index contributed by atoms with van der Waals surface area (Å²) in [4.78, 5) is 3.57. The fourth-order valence-electron chi connectivity index (χ4n) is 0.975. The van der Waals surface area contributed by atoms with Gasteiger partial charge in [-0.05, 0) is 18.6 Å². The van der Waals surface area contributed by atoms with Crippen LogP contribution in [0.1, 0.15) is 23.2 Å². The molecule has 0 fully saturated rings. The molecule has 0 amide bonds. The third-order valence-electron chi connectivity index (χ3n) is 1.63. The Morgan fingerprint density at radius 2 is 2.15 bits per heavy atom. The zero-order valence-electron chi connectivity index (χ0n) is 6.82. The molecule has 0 aliphatic heterocycles. The fourth-order valence-corrected chi connectivity index (χ4v) is 1.46. The predicted molar refractivity (Wildman–Crippen MR) is 48.5 cm³/mol. The van der Waals surface area contributed by atoms with E-state index in [1.165, 1.54) is 6.07 Å². The molecule has 1 rings (SSSR count). The molecule has 0 radical (unpaired) electrons. The van der Waals surface area contributed by atoms with Gasteiger partial charge in [-0.1, -0.05) is 11.6 Å². The second kappa shape index (κ2) is 4.20. The lowest BCUT2D eigenvalue weighted by molar-refractivity contribution is 0.145. The van der Waals surface area contributed by atoms with Crippen molar-refractivity contribution in [2.75, 3.05) is 0 Å². The monoisotopic (exact) mass is 225 g/mol. The molecule has 13 heavy (non-hydrogen) atoms. The molecule has 0 bridgehead atoms. The standard InChI is InChI=1S/C8H7Cl2F2N/c1-4-2-5(3-9)7(10)13-6(4)8(11)12/h2,8H,3H2,1H3. The molecule has 0 unspecified atom stereocenters. The Kier molecular flexibility index (Phi) is 3.45. The molecule has 0 aromatic carbocycles. The van der Waals surface area contributed by atoms with Crippen LogP contribution in [0.4, 0.5) is 8.78 Å². The molecule has 0 N–H and O–H groups in total. The lowest BCUT2D eigenvalue weighted by Gasteiger charge is -2.06. The van der Waals surface area contributed by atoms with E-state index in [1.54, 1.807) is 6.92 Å². The summed E-state index contributed by atoms with van der Waals surface area (Å²) < 4.78 is 24.6. The van der Waals surface area contributed by atoms with Gasteiger partial charge in [-0.25, -0.2) is 13.8 Å². The lowest BCUT2D eigenvalue weighted by Crippen LogP contribution is -1.97. The summed E-state index contributed by atoms with van der Waals surface area (Å²) in [6.07, 6.45) is -2.60. The van der Waals surface area contributed by atoms with Gasteiger partial charge in [0.2, 0.25) is 0 Å². The first-order chi connectivity index (χ1) is 6.06. The average molecular weight is 226 g/mol. The first-order valence-electron chi connectivity index (χ1n) is 3.56. The minimum atomic E-state index is -2.60. The molecule has 0 atom stereocenters. The van der Waals surface area contributed by atoms with Gasteiger partial charge >= 0.3 is 0 Å². The van der Waals surface area contributed by atoms with Crippen molar-refractivity contribution in [3.63, 3.8) is 0 Å². The number of hydrogen-bond acceptors (Lipinski definition) is 1. The third-order valence-corrected chi connectivity index (χ3v) is 2.24. The minimum absolute atomic E-state index is 0.0518. The van der Waals surface area contributed by atoms with Crippen LogP contribution in [0.15, 0.2) is 6.07 Å². The summed E-state index contributed by atoms with van der Waals surface area (Å²) in [6.45, 7) is 1.56. The molecule has 1 nitrogen and oxygen atoms in total. The van der Waals surface area contributed by atoms with Crippen LogP contribution in [0.25, 0.3) is 0 Å². The van der Waals surface area contributed by atoms with Gasteiger partial charge in [-0.15, -0.1) is 11.6 Å². The lowest BCUT2D eigenvalue weighted by atomic mass is 10.2. The highest BCUT2D eigenvalue weighted by atomic mass is 35.5. The van der Waals surface area contributed by atoms with Gasteiger partial charge in [0.05, 0.1) is 5.88 Å². The Bertz CT molecular complexity index is 315. The highest BCUT2D eigenvalue weighted by Gasteiger charge is 2.14. The number of alkyl halides is 3. The van der Waals surface area contributed by atoms with Crippen LogP contribution >= 0.6 is 23.2 Å². The molecular weight excluding hydrogens is 219 g/mol. The molecule has 5 heteroatoms. The molecule has 0 saturated carbocycles. The van der Waals surface area contributed by atoms with Gasteiger partial charge in [0.1, 0.15) is 10.8 Å². The summed E-state index contributed by atoms with van der Waals surface area (Å²) in [7, 11) is 0. The van der Waals surface area contributed by atoms with Gasteiger partial charge in [0.15, 0.2) is 0 Å². The smallest absolute Gasteiger partial charge is 0.235 e. The minimum Gasteiger partial charge on any atom is -0.235 e. The zero-order chi connectivity index (χ0) is 10.0. The number of pyridine rings is 1. The van der Waals surface area contributed by atoms with E-state index >= 15 is 0 Å². The van der Waals surface area contributed by atoms with Crippen LogP contribution in [0, 0.1) is 6.92 Å². The van der Waals surface area contributed by atoms with Crippen molar-refractivity contribution in [3.8, 4) is 0 Å². The van der Waals surface area contributed by atoms with Crippen LogP contribution in [0.5, 0.6) is 0 Å². The number of halogens is 4. The van der Waals surface area contributed by atoms with Crippen molar-refractivity contribution in [1.82, 2.24) is 4.98 Å². The van der Waals surface area contributed by atoms with E-state index in [1.807, 2.05) is 0 Å². The van der Waals surface area contributed by atoms with E-state index in [-0.39, 0.29) is 16.7 Å². The van der Waals surface area contributed by atoms with Gasteiger partial charge in [0.25, 0.3) is 6.43 Å². The van der Waals surface area contributed by atoms with E-state index in [4.69, 9.17) is 23.2 Å². The molecule has 0 aliphatic rings. The number of aryl methyl sites for hydroxylation is 1. The summed E-state index contributed by atoms with van der Waals surface area (Å²) in [5.41, 5.74) is 0.708. The maximum Gasteiger partial charge on any atom is 0.280 e. The molecular formula is C8H7Cl2F2N. The van der Waals surface area contributed by atoms with Crippen LogP contribution in [0.2, 0.25) is 5.15 Å². The van der Waals surface area contributed by atoms with Gasteiger partial charge in [0, 0.05) is 5.56 Å². The second-order valence-electron chi connectivity index (χ2n) is 2.57. The number of nitrogens with zero attached hydrogens (tertiary/aromatic N) is 1. The summed E-state index contributed by atoms with van der Waals surface area (Å²) in [5, 5.41) is 0.0518. The number of rotatable bonds is 2. The van der Waals surface area contributed by atoms with Crippen LogP contribution in [-0.4, -0.2) is 4.98 Å². The van der Waals surface area contributed by atoms with Gasteiger partial charge in [-0.3, -0.25) is 0 Å². The van der Waals surface area contributed by atoms with E-state index in [0.29, 0.717) is 11.1 Å². The van der Waals surface area contributed by atoms with E-state index in [9.17, 15) is 8.78 Å². The Labute approximate surface area is 84.7 Å². The van der Waals surface area contributed by atoms with Crippen molar-refractivity contribution in [2.24, 2.45) is 0 Å². The fraction of sp³-hybridized carbons (Fsp3) is 0.375. The molecule has 1 aromatic rings. The molecule has 0 spiro atoms. The molecule has 1 heterocycles. The number of aromatic nitrogens is 1. The van der Waals surface area contributed by atoms with Crippen LogP contribution < -0.4 is 0 Å². The highest BCUT2D eigenvalue weighted by molar-refractivity contribution is 6.31. The Morgan fingerprint density at radius 1 is 1.54 bits per heavy atom. The normalized spacial score (nSPS) is 10.9. The number of hydrogen-bond donors (Lipinski definition) is 0. The van der Waals surface area contributed by atoms with Gasteiger partial charge in [-0.2, -0.15) is 0 Å². The quantitative estimate of drug-likeness (QED) is 0.553. The SMILES string of the molecule is Cc1cc(CCl)c(Cl)nc1C(F)F. The largest absolute Gasteiger partial charge is 0.280 e. The first-order valence-corrected chi connectivity index (χ1v) is 4.47. The highest BCUT2D eigenvalue weighted by Crippen LogP contribution is 2.25. The van der Waals surface area contributed by atoms with Crippen LogP contribution in [0.3, 0.4) is 0 Å². The molecule has 72 valence electrons. The third kappa shape index (κ3) is 2.29. The maximum absolute atomic E-state index is 12.3. The Morgan fingerprint density at radius 3 is 2.62 bits per heavy atom. The summed E-state index contributed by atoms with van der Waals surface area (Å²) in [6, 6.07) is 1.53. The molecule has 0 aliphatic carbocycles. The zero-order valence-corrected chi connectivity index (χ0v) is 8.33. The summed E-state index contributed by atoms with van der Waals surface area (Å²) >= 11 is 11.1. The average Bonchev–Trinajstić information content (AvgIpc) is 2.07. The van der Waals surface area contributed by atoms with Crippen molar-refractivity contribution in [1.29, 1.82) is 0 Å². The van der Waals surface area contributed by atoms with E-state index in [2.05, 4.69) is 4.98 Å². The first kappa shape index (κ1) is 10.7. The van der Waals surface area contributed by atoms with Gasteiger partial charge < -0.3 is 0 Å². The van der Waals surface area contributed by atoms with E-state index in [0.717, 1.165) is 0 Å². The molecule has 1 aromatic heterocycles. The van der Waals surface area contributed by atoms with E-state index < -0.39 is 6.43 Å². The van der Waals surface area contributed by atoms with Crippen molar-refractivity contribution < 1.29 is 8.78 Å². The van der Waals surface area contributed by atoms with Crippen molar-refractivity contribution >= 4 is 23.2 Å². The van der Waals surface area contributed by atoms with Crippen LogP contribution in [-0.2, 0) is 5.88 Å². The van der Waals surface area contributed by atoms with Crippen molar-refractivity contribution in [2.45, 2.75) is 19.2 Å². The Balaban J connectivity index is 3.20. The predicted octanol–water partition coefficient (Wildman–Crippen LogP) is 3.72.